The van der Waals surface area contributed by atoms with Crippen LogP contribution in [0.25, 0.3) is 0 Å². The van der Waals surface area contributed by atoms with Gasteiger partial charge < -0.3 is 18.9 Å². The van der Waals surface area contributed by atoms with Gasteiger partial charge in [-0.3, -0.25) is 10.1 Å². The van der Waals surface area contributed by atoms with Gasteiger partial charge in [-0.2, -0.15) is 0 Å². The monoisotopic (exact) mass is 327 g/mol. The number of rotatable bonds is 4. The number of benzene rings is 1. The highest BCUT2D eigenvalue weighted by Gasteiger charge is 2.68. The molecule has 0 amide bonds. The SMILES string of the molecule is CO[C@@H](F)[C@H]1O[C@@H]2COC(c3ccccc3)O[C@H]2[C@@]1(C)[N+](=O)[O-]. The Balaban J connectivity index is 1.88. The van der Waals surface area contributed by atoms with Crippen molar-refractivity contribution in [1.29, 1.82) is 0 Å². The first-order chi connectivity index (χ1) is 11.0. The van der Waals surface area contributed by atoms with Crippen LogP contribution in [-0.4, -0.2) is 48.8 Å². The Morgan fingerprint density at radius 1 is 1.39 bits per heavy atom. The fourth-order valence-corrected chi connectivity index (χ4v) is 3.09. The van der Waals surface area contributed by atoms with Crippen molar-refractivity contribution >= 4 is 0 Å². The second kappa shape index (κ2) is 6.12. The molecule has 8 heteroatoms. The van der Waals surface area contributed by atoms with Crippen LogP contribution in [0.3, 0.4) is 0 Å². The molecule has 2 heterocycles. The third kappa shape index (κ3) is 2.61. The zero-order chi connectivity index (χ0) is 16.6. The summed E-state index contributed by atoms with van der Waals surface area (Å²) in [4.78, 5) is 11.1. The smallest absolute Gasteiger partial charge is 0.278 e. The molecule has 0 saturated carbocycles. The largest absolute Gasteiger partial charge is 0.356 e. The predicted molar refractivity (Wildman–Crippen MR) is 76.0 cm³/mol. The van der Waals surface area contributed by atoms with Gasteiger partial charge in [-0.05, 0) is 0 Å². The Morgan fingerprint density at radius 3 is 2.70 bits per heavy atom. The van der Waals surface area contributed by atoms with Crippen LogP contribution in [0, 0.1) is 10.1 Å². The lowest BCUT2D eigenvalue weighted by Gasteiger charge is -2.34. The minimum absolute atomic E-state index is 0.0839. The van der Waals surface area contributed by atoms with E-state index in [2.05, 4.69) is 4.74 Å². The van der Waals surface area contributed by atoms with E-state index in [1.54, 1.807) is 12.1 Å². The Hall–Kier alpha value is -1.61. The summed E-state index contributed by atoms with van der Waals surface area (Å²) in [5.41, 5.74) is -1.03. The minimum Gasteiger partial charge on any atom is -0.356 e. The molecule has 0 aromatic heterocycles. The van der Waals surface area contributed by atoms with E-state index in [9.17, 15) is 14.5 Å². The maximum Gasteiger partial charge on any atom is 0.278 e. The zero-order valence-corrected chi connectivity index (χ0v) is 12.8. The van der Waals surface area contributed by atoms with Gasteiger partial charge in [0.2, 0.25) is 6.36 Å². The van der Waals surface area contributed by atoms with Crippen molar-refractivity contribution in [2.24, 2.45) is 0 Å². The first kappa shape index (κ1) is 16.3. The van der Waals surface area contributed by atoms with Crippen molar-refractivity contribution in [2.75, 3.05) is 13.7 Å². The number of halogens is 1. The van der Waals surface area contributed by atoms with E-state index in [4.69, 9.17) is 14.2 Å². The molecule has 0 N–H and O–H groups in total. The van der Waals surface area contributed by atoms with Gasteiger partial charge in [0.1, 0.15) is 6.10 Å². The summed E-state index contributed by atoms with van der Waals surface area (Å²) in [7, 11) is 1.14. The van der Waals surface area contributed by atoms with Crippen LogP contribution < -0.4 is 0 Å². The summed E-state index contributed by atoms with van der Waals surface area (Å²) in [6, 6.07) is 9.08. The van der Waals surface area contributed by atoms with E-state index in [1.807, 2.05) is 18.2 Å². The molecule has 0 aliphatic carbocycles. The molecule has 7 nitrogen and oxygen atoms in total. The molecule has 0 spiro atoms. The molecule has 2 fully saturated rings. The average molecular weight is 327 g/mol. The van der Waals surface area contributed by atoms with Crippen molar-refractivity contribution in [1.82, 2.24) is 0 Å². The van der Waals surface area contributed by atoms with E-state index < -0.39 is 41.4 Å². The van der Waals surface area contributed by atoms with Crippen molar-refractivity contribution in [2.45, 2.75) is 43.4 Å². The molecule has 1 aromatic rings. The van der Waals surface area contributed by atoms with E-state index in [0.717, 1.165) is 12.7 Å². The highest BCUT2D eigenvalue weighted by molar-refractivity contribution is 5.17. The number of hydrogen-bond acceptors (Lipinski definition) is 6. The summed E-state index contributed by atoms with van der Waals surface area (Å²) in [6.07, 6.45) is -5.69. The van der Waals surface area contributed by atoms with Crippen LogP contribution in [0.5, 0.6) is 0 Å². The number of ether oxygens (including phenoxy) is 4. The number of fused-ring (bicyclic) bond motifs is 1. The second-order valence-corrected chi connectivity index (χ2v) is 5.80. The quantitative estimate of drug-likeness (QED) is 0.620. The lowest BCUT2D eigenvalue weighted by molar-refractivity contribution is -0.588. The standard InChI is InChI=1S/C15H18FNO6/c1-15(17(18)19)11-10(22-12(15)13(16)20-2)8-21-14(23-11)9-6-4-3-5-7-9/h3-7,10-14H,8H2,1-2H3/t10-,11-,12-,13-,14?,15-/m1/s1. The van der Waals surface area contributed by atoms with Crippen LogP contribution in [0.1, 0.15) is 18.8 Å². The number of hydrogen-bond donors (Lipinski definition) is 0. The first-order valence-electron chi connectivity index (χ1n) is 7.27. The van der Waals surface area contributed by atoms with Crippen LogP contribution in [-0.2, 0) is 18.9 Å². The molecule has 6 atom stereocenters. The normalized spacial score (nSPS) is 38.0. The summed E-state index contributed by atoms with van der Waals surface area (Å²) in [5.74, 6) is 0. The Bertz CT molecular complexity index is 572. The third-order valence-corrected chi connectivity index (χ3v) is 4.42. The Kier molecular flexibility index (Phi) is 4.33. The van der Waals surface area contributed by atoms with Gasteiger partial charge in [0.25, 0.3) is 5.54 Å². The molecule has 23 heavy (non-hydrogen) atoms. The van der Waals surface area contributed by atoms with E-state index in [-0.39, 0.29) is 6.61 Å². The van der Waals surface area contributed by atoms with Gasteiger partial charge >= 0.3 is 0 Å². The summed E-state index contributed by atoms with van der Waals surface area (Å²) in [6.45, 7) is 1.40. The maximum absolute atomic E-state index is 14.0. The number of nitrogens with zero attached hydrogens (tertiary/aromatic N) is 1. The third-order valence-electron chi connectivity index (χ3n) is 4.42. The molecule has 0 bridgehead atoms. The number of alkyl halides is 1. The summed E-state index contributed by atoms with van der Waals surface area (Å²) >= 11 is 0. The lowest BCUT2D eigenvalue weighted by atomic mass is 9.88. The topological polar surface area (TPSA) is 80.1 Å². The van der Waals surface area contributed by atoms with Crippen molar-refractivity contribution in [3.8, 4) is 0 Å². The molecule has 2 aliphatic heterocycles. The average Bonchev–Trinajstić information content (AvgIpc) is 2.89. The zero-order valence-electron chi connectivity index (χ0n) is 12.8. The van der Waals surface area contributed by atoms with Gasteiger partial charge in [-0.1, -0.05) is 30.3 Å². The van der Waals surface area contributed by atoms with Gasteiger partial charge in [0.05, 0.1) is 6.61 Å². The van der Waals surface area contributed by atoms with E-state index >= 15 is 0 Å². The van der Waals surface area contributed by atoms with Crippen molar-refractivity contribution < 1.29 is 28.3 Å². The first-order valence-corrected chi connectivity index (χ1v) is 7.27. The lowest BCUT2D eigenvalue weighted by Crippen LogP contribution is -2.57. The molecule has 1 aromatic carbocycles. The minimum atomic E-state index is -1.92. The molecular formula is C15H18FNO6. The molecular weight excluding hydrogens is 309 g/mol. The molecule has 1 unspecified atom stereocenters. The van der Waals surface area contributed by atoms with Crippen LogP contribution >= 0.6 is 0 Å². The molecule has 126 valence electrons. The summed E-state index contributed by atoms with van der Waals surface area (Å²) in [5, 5.41) is 11.6. The molecule has 3 rings (SSSR count). The Morgan fingerprint density at radius 2 is 2.09 bits per heavy atom. The number of methoxy groups -OCH3 is 1. The summed E-state index contributed by atoms with van der Waals surface area (Å²) < 4.78 is 35.5. The van der Waals surface area contributed by atoms with Gasteiger partial charge in [0.15, 0.2) is 18.5 Å². The maximum atomic E-state index is 14.0. The second-order valence-electron chi connectivity index (χ2n) is 5.80. The highest BCUT2D eigenvalue weighted by atomic mass is 19.1. The Labute approximate surface area is 132 Å². The predicted octanol–water partition coefficient (Wildman–Crippen LogP) is 1.85. The van der Waals surface area contributed by atoms with Gasteiger partial charge in [-0.25, -0.2) is 4.39 Å². The van der Waals surface area contributed by atoms with Crippen molar-refractivity contribution in [3.63, 3.8) is 0 Å². The van der Waals surface area contributed by atoms with Crippen LogP contribution in [0.4, 0.5) is 4.39 Å². The van der Waals surface area contributed by atoms with Gasteiger partial charge in [-0.15, -0.1) is 0 Å². The molecule has 2 aliphatic rings. The van der Waals surface area contributed by atoms with E-state index in [1.165, 1.54) is 6.92 Å². The number of nitro groups is 1. The van der Waals surface area contributed by atoms with E-state index in [0.29, 0.717) is 0 Å². The molecule has 2 saturated heterocycles. The fourth-order valence-electron chi connectivity index (χ4n) is 3.09. The highest BCUT2D eigenvalue weighted by Crippen LogP contribution is 2.43. The molecule has 0 radical (unpaired) electrons. The van der Waals surface area contributed by atoms with Crippen LogP contribution in [0.2, 0.25) is 0 Å². The van der Waals surface area contributed by atoms with Crippen molar-refractivity contribution in [3.05, 3.63) is 46.0 Å². The van der Waals surface area contributed by atoms with Crippen LogP contribution in [0.15, 0.2) is 30.3 Å². The fraction of sp³-hybridized carbons (Fsp3) is 0.600. The van der Waals surface area contributed by atoms with Gasteiger partial charge in [0, 0.05) is 24.5 Å².